The molecule has 0 heterocycles. The van der Waals surface area contributed by atoms with E-state index in [1.54, 1.807) is 31.2 Å². The molecular formula is C14H22N2O4S. The quantitative estimate of drug-likeness (QED) is 0.584. The Bertz CT molecular complexity index is 570. The molecule has 1 N–H and O–H groups in total. The van der Waals surface area contributed by atoms with Crippen LogP contribution in [0.2, 0.25) is 0 Å². The molecule has 0 spiro atoms. The maximum Gasteiger partial charge on any atom is 0.305 e. The monoisotopic (exact) mass is 314 g/mol. The number of hydrogen-bond donors (Lipinski definition) is 1. The summed E-state index contributed by atoms with van der Waals surface area (Å²) >= 11 is 0. The van der Waals surface area contributed by atoms with Crippen LogP contribution in [-0.2, 0) is 19.6 Å². The zero-order valence-electron chi connectivity index (χ0n) is 12.6. The zero-order chi connectivity index (χ0) is 15.9. The van der Waals surface area contributed by atoms with Gasteiger partial charge in [0.25, 0.3) is 0 Å². The number of benzene rings is 1. The zero-order valence-corrected chi connectivity index (χ0v) is 13.4. The number of nitrogens with one attached hydrogen (secondary N) is 1. The Morgan fingerprint density at radius 3 is 2.57 bits per heavy atom. The molecule has 1 rings (SSSR count). The van der Waals surface area contributed by atoms with Crippen molar-refractivity contribution in [1.29, 1.82) is 0 Å². The lowest BCUT2D eigenvalue weighted by Crippen LogP contribution is -2.23. The van der Waals surface area contributed by atoms with Gasteiger partial charge in [0.1, 0.15) is 4.90 Å². The molecule has 0 amide bonds. The minimum Gasteiger partial charge on any atom is -0.466 e. The van der Waals surface area contributed by atoms with E-state index in [1.807, 2.05) is 0 Å². The van der Waals surface area contributed by atoms with Crippen molar-refractivity contribution in [2.45, 2.75) is 24.7 Å². The number of nitrogens with zero attached hydrogens (tertiary/aromatic N) is 1. The molecule has 118 valence electrons. The van der Waals surface area contributed by atoms with Gasteiger partial charge in [-0.15, -0.1) is 0 Å². The van der Waals surface area contributed by atoms with Crippen LogP contribution in [0.1, 0.15) is 19.8 Å². The lowest BCUT2D eigenvalue weighted by molar-refractivity contribution is -0.143. The molecule has 0 saturated carbocycles. The minimum absolute atomic E-state index is 0.228. The van der Waals surface area contributed by atoms with Crippen molar-refractivity contribution in [3.8, 4) is 0 Å². The van der Waals surface area contributed by atoms with Crippen LogP contribution in [-0.4, -0.2) is 45.9 Å². The van der Waals surface area contributed by atoms with Gasteiger partial charge in [-0.1, -0.05) is 12.1 Å². The molecule has 0 aliphatic heterocycles. The van der Waals surface area contributed by atoms with Crippen LogP contribution in [0.5, 0.6) is 0 Å². The number of ether oxygens (including phenoxy) is 1. The highest BCUT2D eigenvalue weighted by Crippen LogP contribution is 2.23. The third-order valence-electron chi connectivity index (χ3n) is 2.82. The summed E-state index contributed by atoms with van der Waals surface area (Å²) in [6, 6.07) is 6.71. The van der Waals surface area contributed by atoms with Crippen LogP contribution in [0.4, 0.5) is 5.69 Å². The predicted octanol–water partition coefficient (Wildman–Crippen LogP) is 1.69. The van der Waals surface area contributed by atoms with Gasteiger partial charge < -0.3 is 10.1 Å². The van der Waals surface area contributed by atoms with E-state index in [0.717, 1.165) is 0 Å². The molecule has 1 aromatic carbocycles. The Morgan fingerprint density at radius 2 is 1.95 bits per heavy atom. The molecule has 0 bridgehead atoms. The van der Waals surface area contributed by atoms with Crippen LogP contribution in [0.15, 0.2) is 29.2 Å². The lowest BCUT2D eigenvalue weighted by atomic mass is 10.3. The molecule has 0 radical (unpaired) electrons. The molecule has 1 aromatic rings. The van der Waals surface area contributed by atoms with E-state index in [4.69, 9.17) is 4.74 Å². The first-order valence-electron chi connectivity index (χ1n) is 6.80. The summed E-state index contributed by atoms with van der Waals surface area (Å²) in [5, 5.41) is 3.06. The fraction of sp³-hybridized carbons (Fsp3) is 0.500. The highest BCUT2D eigenvalue weighted by atomic mass is 32.2. The number of sulfonamides is 1. The van der Waals surface area contributed by atoms with E-state index in [2.05, 4.69) is 5.32 Å². The minimum atomic E-state index is -3.49. The van der Waals surface area contributed by atoms with Crippen molar-refractivity contribution in [1.82, 2.24) is 4.31 Å². The van der Waals surface area contributed by atoms with Crippen molar-refractivity contribution >= 4 is 21.7 Å². The van der Waals surface area contributed by atoms with E-state index in [0.29, 0.717) is 31.7 Å². The maximum absolute atomic E-state index is 12.2. The van der Waals surface area contributed by atoms with Crippen LogP contribution < -0.4 is 5.32 Å². The number of hydrogen-bond acceptors (Lipinski definition) is 5. The maximum atomic E-state index is 12.2. The molecule has 21 heavy (non-hydrogen) atoms. The van der Waals surface area contributed by atoms with Crippen molar-refractivity contribution < 1.29 is 17.9 Å². The van der Waals surface area contributed by atoms with Crippen LogP contribution in [0.25, 0.3) is 0 Å². The van der Waals surface area contributed by atoms with E-state index >= 15 is 0 Å². The Labute approximate surface area is 126 Å². The highest BCUT2D eigenvalue weighted by Gasteiger charge is 2.20. The van der Waals surface area contributed by atoms with Gasteiger partial charge in [0.2, 0.25) is 10.0 Å². The first-order chi connectivity index (χ1) is 9.89. The number of anilines is 1. The standard InChI is InChI=1S/C14H22N2O4S/c1-4-20-14(17)10-7-11-15-12-8-5-6-9-13(12)21(18,19)16(2)3/h5-6,8-9,15H,4,7,10-11H2,1-3H3. The Morgan fingerprint density at radius 1 is 1.29 bits per heavy atom. The molecule has 0 aliphatic rings. The Balaban J connectivity index is 2.67. The average Bonchev–Trinajstić information content (AvgIpc) is 2.44. The third-order valence-corrected chi connectivity index (χ3v) is 4.70. The van der Waals surface area contributed by atoms with Gasteiger partial charge in [-0.2, -0.15) is 0 Å². The third kappa shape index (κ3) is 5.02. The smallest absolute Gasteiger partial charge is 0.305 e. The number of rotatable bonds is 8. The first-order valence-corrected chi connectivity index (χ1v) is 8.24. The van der Waals surface area contributed by atoms with E-state index in [9.17, 15) is 13.2 Å². The summed E-state index contributed by atoms with van der Waals surface area (Å²) in [4.78, 5) is 11.4. The van der Waals surface area contributed by atoms with E-state index in [1.165, 1.54) is 18.4 Å². The molecular weight excluding hydrogens is 292 g/mol. The summed E-state index contributed by atoms with van der Waals surface area (Å²) in [6.45, 7) is 2.63. The van der Waals surface area contributed by atoms with Crippen LogP contribution >= 0.6 is 0 Å². The number of carbonyl (C=O) groups excluding carboxylic acids is 1. The van der Waals surface area contributed by atoms with Crippen molar-refractivity contribution in [3.05, 3.63) is 24.3 Å². The lowest BCUT2D eigenvalue weighted by Gasteiger charge is -2.16. The molecule has 0 saturated heterocycles. The second-order valence-corrected chi connectivity index (χ2v) is 6.74. The van der Waals surface area contributed by atoms with Crippen LogP contribution in [0, 0.1) is 0 Å². The van der Waals surface area contributed by atoms with Gasteiger partial charge in [-0.25, -0.2) is 12.7 Å². The Hall–Kier alpha value is -1.60. The largest absolute Gasteiger partial charge is 0.466 e. The number of para-hydroxylation sites is 1. The summed E-state index contributed by atoms with van der Waals surface area (Å²) < 4.78 is 30.4. The topological polar surface area (TPSA) is 75.7 Å². The fourth-order valence-electron chi connectivity index (χ4n) is 1.72. The summed E-state index contributed by atoms with van der Waals surface area (Å²) in [6.07, 6.45) is 0.888. The Kier molecular flexibility index (Phi) is 6.64. The summed E-state index contributed by atoms with van der Waals surface area (Å²) in [5.74, 6) is -0.242. The molecule has 0 aromatic heterocycles. The fourth-order valence-corrected chi connectivity index (χ4v) is 2.79. The number of carbonyl (C=O) groups is 1. The van der Waals surface area contributed by atoms with E-state index < -0.39 is 10.0 Å². The van der Waals surface area contributed by atoms with Gasteiger partial charge >= 0.3 is 5.97 Å². The first kappa shape index (κ1) is 17.5. The van der Waals surface area contributed by atoms with Gasteiger partial charge in [0.15, 0.2) is 0 Å². The number of esters is 1. The van der Waals surface area contributed by atoms with Gasteiger partial charge in [0, 0.05) is 27.1 Å². The SMILES string of the molecule is CCOC(=O)CCCNc1ccccc1S(=O)(=O)N(C)C. The predicted molar refractivity (Wildman–Crippen MR) is 81.7 cm³/mol. The second kappa shape index (κ2) is 7.99. The molecule has 6 nitrogen and oxygen atoms in total. The van der Waals surface area contributed by atoms with Crippen LogP contribution in [0.3, 0.4) is 0 Å². The van der Waals surface area contributed by atoms with Crippen molar-refractivity contribution in [3.63, 3.8) is 0 Å². The van der Waals surface area contributed by atoms with E-state index in [-0.39, 0.29) is 10.9 Å². The van der Waals surface area contributed by atoms with Gasteiger partial charge in [-0.3, -0.25) is 4.79 Å². The molecule has 0 unspecified atom stereocenters. The highest BCUT2D eigenvalue weighted by molar-refractivity contribution is 7.89. The van der Waals surface area contributed by atoms with Gasteiger partial charge in [0.05, 0.1) is 12.3 Å². The van der Waals surface area contributed by atoms with Crippen molar-refractivity contribution in [2.24, 2.45) is 0 Å². The molecule has 0 fully saturated rings. The second-order valence-electron chi connectivity index (χ2n) is 4.62. The summed E-state index contributed by atoms with van der Waals surface area (Å²) in [5.41, 5.74) is 0.537. The molecule has 7 heteroatoms. The molecule has 0 aliphatic carbocycles. The molecule has 0 atom stereocenters. The normalized spacial score (nSPS) is 11.4. The summed E-state index contributed by atoms with van der Waals surface area (Å²) in [7, 11) is -0.505. The van der Waals surface area contributed by atoms with Gasteiger partial charge in [-0.05, 0) is 25.5 Å². The average molecular weight is 314 g/mol. The van der Waals surface area contributed by atoms with Crippen molar-refractivity contribution in [2.75, 3.05) is 32.6 Å².